The number of hydrogen-bond acceptors (Lipinski definition) is 14. The standard InChI is InChI=1S/C77H136O16P2/c1-4-7-10-13-16-19-22-25-27-29-30-31-32-33-34-35-36-37-38-39-40-42-44-46-48-51-54-57-60-63-75(80)87-66-72(78)67-89-94(83,84)90-68-73(79)69-91-95(85,86)92-71-74(93-77(82)65-62-59-56-53-50-45-24-21-18-15-12-9-6-3)70-88-76(81)64-61-58-55-52-49-47-43-41-28-26-23-20-17-14-11-8-5-2/h8,11,16-17,19-21,24-28,30-31,33-34,72-74,78-79H,4-7,9-10,12-15,18,22-23,29,32,35-71H2,1-3H3,(H,83,84)(H,85,86)/b11-8-,19-16-,20-17-,24-21-,27-25-,28-26-,31-30-,34-33-. The highest BCUT2D eigenvalue weighted by atomic mass is 31.2. The van der Waals surface area contributed by atoms with E-state index in [0.29, 0.717) is 19.3 Å². The van der Waals surface area contributed by atoms with Gasteiger partial charge in [0, 0.05) is 19.3 Å². The molecule has 18 heteroatoms. The molecule has 0 amide bonds. The van der Waals surface area contributed by atoms with E-state index in [2.05, 4.69) is 118 Å². The van der Waals surface area contributed by atoms with Gasteiger partial charge >= 0.3 is 33.6 Å². The van der Waals surface area contributed by atoms with Crippen LogP contribution in [0.2, 0.25) is 0 Å². The van der Waals surface area contributed by atoms with Crippen molar-refractivity contribution in [2.24, 2.45) is 0 Å². The van der Waals surface area contributed by atoms with Crippen molar-refractivity contribution in [3.05, 3.63) is 97.2 Å². The number of allylic oxidation sites excluding steroid dienone is 16. The van der Waals surface area contributed by atoms with Crippen LogP contribution in [0.5, 0.6) is 0 Å². The summed E-state index contributed by atoms with van der Waals surface area (Å²) >= 11 is 0. The monoisotopic (exact) mass is 1380 g/mol. The highest BCUT2D eigenvalue weighted by Gasteiger charge is 2.29. The van der Waals surface area contributed by atoms with Gasteiger partial charge in [-0.05, 0) is 122 Å². The van der Waals surface area contributed by atoms with Gasteiger partial charge < -0.3 is 34.2 Å². The lowest BCUT2D eigenvalue weighted by atomic mass is 10.0. The number of esters is 3. The third-order valence-corrected chi connectivity index (χ3v) is 17.7. The molecule has 0 saturated carbocycles. The maximum Gasteiger partial charge on any atom is 0.472 e. The Labute approximate surface area is 578 Å². The second-order valence-corrected chi connectivity index (χ2v) is 28.0. The predicted molar refractivity (Wildman–Crippen MR) is 390 cm³/mol. The van der Waals surface area contributed by atoms with Crippen molar-refractivity contribution in [1.82, 2.24) is 0 Å². The summed E-state index contributed by atoms with van der Waals surface area (Å²) in [6, 6.07) is 0. The van der Waals surface area contributed by atoms with Crippen molar-refractivity contribution in [2.75, 3.05) is 39.6 Å². The summed E-state index contributed by atoms with van der Waals surface area (Å²) in [5.41, 5.74) is 0. The molecule has 550 valence electrons. The molecule has 0 rings (SSSR count). The summed E-state index contributed by atoms with van der Waals surface area (Å²) in [5, 5.41) is 20.6. The molecule has 0 heterocycles. The van der Waals surface area contributed by atoms with Gasteiger partial charge in [-0.1, -0.05) is 272 Å². The fraction of sp³-hybridized carbons (Fsp3) is 0.753. The average molecular weight is 1380 g/mol. The molecule has 0 aromatic heterocycles. The van der Waals surface area contributed by atoms with Crippen LogP contribution in [0, 0.1) is 0 Å². The van der Waals surface area contributed by atoms with E-state index in [-0.39, 0.29) is 19.3 Å². The summed E-state index contributed by atoms with van der Waals surface area (Å²) in [4.78, 5) is 58.5. The zero-order valence-electron chi connectivity index (χ0n) is 59.8. The molecule has 0 aliphatic rings. The zero-order chi connectivity index (χ0) is 69.5. The number of carbonyl (C=O) groups excluding carboxylic acids is 3. The fourth-order valence-corrected chi connectivity index (χ4v) is 11.6. The van der Waals surface area contributed by atoms with Crippen molar-refractivity contribution in [1.29, 1.82) is 0 Å². The number of phosphoric ester groups is 2. The molecule has 5 unspecified atom stereocenters. The maximum absolute atomic E-state index is 12.9. The van der Waals surface area contributed by atoms with Gasteiger partial charge in [-0.25, -0.2) is 9.13 Å². The maximum atomic E-state index is 12.9. The van der Waals surface area contributed by atoms with Crippen LogP contribution in [-0.4, -0.2) is 95.9 Å². The molecular weight excluding hydrogens is 1240 g/mol. The van der Waals surface area contributed by atoms with Crippen molar-refractivity contribution >= 4 is 33.6 Å². The van der Waals surface area contributed by atoms with E-state index in [4.69, 9.17) is 32.3 Å². The lowest BCUT2D eigenvalue weighted by Crippen LogP contribution is -2.30. The summed E-state index contributed by atoms with van der Waals surface area (Å²) < 4.78 is 61.0. The lowest BCUT2D eigenvalue weighted by molar-refractivity contribution is -0.161. The van der Waals surface area contributed by atoms with E-state index in [1.807, 2.05) is 0 Å². The lowest BCUT2D eigenvalue weighted by Gasteiger charge is -2.21. The topological polar surface area (TPSA) is 231 Å². The van der Waals surface area contributed by atoms with E-state index < -0.39 is 91.5 Å². The van der Waals surface area contributed by atoms with Crippen LogP contribution in [0.3, 0.4) is 0 Å². The molecule has 5 atom stereocenters. The molecule has 0 aliphatic carbocycles. The largest absolute Gasteiger partial charge is 0.472 e. The van der Waals surface area contributed by atoms with Crippen LogP contribution in [0.15, 0.2) is 97.2 Å². The number of rotatable bonds is 71. The summed E-state index contributed by atoms with van der Waals surface area (Å²) in [6.07, 6.45) is 78.9. The van der Waals surface area contributed by atoms with Gasteiger partial charge in [-0.15, -0.1) is 0 Å². The van der Waals surface area contributed by atoms with Gasteiger partial charge in [0.25, 0.3) is 0 Å². The molecule has 0 aromatic carbocycles. The number of unbranched alkanes of at least 4 members (excludes halogenated alkanes) is 32. The minimum Gasteiger partial charge on any atom is -0.463 e. The Hall–Kier alpha value is -3.53. The molecule has 0 aliphatic heterocycles. The molecule has 4 N–H and O–H groups in total. The summed E-state index contributed by atoms with van der Waals surface area (Å²) in [6.45, 7) is 2.52. The fourth-order valence-electron chi connectivity index (χ4n) is 10.0. The number of carbonyl (C=O) groups is 3. The van der Waals surface area contributed by atoms with Crippen LogP contribution in [0.25, 0.3) is 0 Å². The Balaban J connectivity index is 4.46. The minimum atomic E-state index is -4.93. The quantitative estimate of drug-likeness (QED) is 0.0146. The van der Waals surface area contributed by atoms with Crippen molar-refractivity contribution in [2.45, 2.75) is 334 Å². The van der Waals surface area contributed by atoms with Gasteiger partial charge in [0.2, 0.25) is 0 Å². The van der Waals surface area contributed by atoms with E-state index >= 15 is 0 Å². The highest BCUT2D eigenvalue weighted by molar-refractivity contribution is 7.47. The van der Waals surface area contributed by atoms with Gasteiger partial charge in [-0.2, -0.15) is 0 Å². The van der Waals surface area contributed by atoms with Gasteiger partial charge in [-0.3, -0.25) is 32.5 Å². The van der Waals surface area contributed by atoms with Crippen LogP contribution >= 0.6 is 15.6 Å². The SMILES string of the molecule is CC/C=C\C/C=C\C/C=C\CCCCCCCCCC(=O)OCC(COP(=O)(O)OCC(O)COP(=O)(O)OCC(O)COC(=O)CCCCCCCCCCCCCCC/C=C\C/C=C\C/C=C\C/C=C\CCCCC)OC(=O)CCCCCCC/C=C\CCCCCC. The van der Waals surface area contributed by atoms with Gasteiger partial charge in [0.1, 0.15) is 25.4 Å². The van der Waals surface area contributed by atoms with Crippen molar-refractivity contribution < 1.29 is 75.8 Å². The second-order valence-electron chi connectivity index (χ2n) is 25.1. The Kier molecular flexibility index (Phi) is 67.7. The normalized spacial score (nSPS) is 14.6. The Bertz CT molecular complexity index is 2120. The smallest absolute Gasteiger partial charge is 0.463 e. The molecule has 95 heavy (non-hydrogen) atoms. The van der Waals surface area contributed by atoms with Gasteiger partial charge in [0.15, 0.2) is 6.10 Å². The van der Waals surface area contributed by atoms with E-state index in [9.17, 15) is 43.5 Å². The molecule has 16 nitrogen and oxygen atoms in total. The molecule has 0 spiro atoms. The third-order valence-electron chi connectivity index (χ3n) is 15.8. The first kappa shape index (κ1) is 91.5. The van der Waals surface area contributed by atoms with Gasteiger partial charge in [0.05, 0.1) is 26.4 Å². The van der Waals surface area contributed by atoms with Crippen LogP contribution in [0.1, 0.15) is 316 Å². The second kappa shape index (κ2) is 70.3. The first-order valence-electron chi connectivity index (χ1n) is 37.5. The van der Waals surface area contributed by atoms with E-state index in [1.54, 1.807) is 0 Å². The zero-order valence-corrected chi connectivity index (χ0v) is 61.6. The Morgan fingerprint density at radius 3 is 0.916 bits per heavy atom. The highest BCUT2D eigenvalue weighted by Crippen LogP contribution is 2.45. The molecule has 0 bridgehead atoms. The minimum absolute atomic E-state index is 0.0926. The first-order chi connectivity index (χ1) is 46.2. The molecule has 0 aromatic rings. The molecule has 0 fully saturated rings. The molecule has 0 saturated heterocycles. The Morgan fingerprint density at radius 2 is 0.558 bits per heavy atom. The van der Waals surface area contributed by atoms with Crippen molar-refractivity contribution in [3.63, 3.8) is 0 Å². The van der Waals surface area contributed by atoms with Crippen LogP contribution in [-0.2, 0) is 55.8 Å². The number of ether oxygens (including phenoxy) is 3. The van der Waals surface area contributed by atoms with Crippen molar-refractivity contribution in [3.8, 4) is 0 Å². The Morgan fingerprint density at radius 1 is 0.305 bits per heavy atom. The van der Waals surface area contributed by atoms with Crippen LogP contribution in [0.4, 0.5) is 0 Å². The molecular formula is C77H136O16P2. The van der Waals surface area contributed by atoms with E-state index in [1.165, 1.54) is 109 Å². The number of phosphoric acid groups is 2. The summed E-state index contributed by atoms with van der Waals surface area (Å²) in [5.74, 6) is -1.59. The molecule has 0 radical (unpaired) electrons. The third kappa shape index (κ3) is 71.6. The van der Waals surface area contributed by atoms with Crippen LogP contribution < -0.4 is 0 Å². The summed E-state index contributed by atoms with van der Waals surface area (Å²) in [7, 11) is -9.78. The predicted octanol–water partition coefficient (Wildman–Crippen LogP) is 21.4. The first-order valence-corrected chi connectivity index (χ1v) is 40.5. The number of aliphatic hydroxyl groups excluding tert-OH is 2. The average Bonchev–Trinajstić information content (AvgIpc) is 1.83. The number of aliphatic hydroxyl groups is 2. The van der Waals surface area contributed by atoms with E-state index in [0.717, 1.165) is 148 Å². The number of hydrogen-bond donors (Lipinski definition) is 4.